The summed E-state index contributed by atoms with van der Waals surface area (Å²) in [6, 6.07) is 18.0. The summed E-state index contributed by atoms with van der Waals surface area (Å²) < 4.78 is 0. The first kappa shape index (κ1) is 44.8. The molecule has 2 aromatic carbocycles. The van der Waals surface area contributed by atoms with Gasteiger partial charge in [0.2, 0.25) is 5.91 Å². The van der Waals surface area contributed by atoms with Crippen LogP contribution in [0.5, 0.6) is 0 Å². The van der Waals surface area contributed by atoms with Gasteiger partial charge in [-0.15, -0.1) is 0 Å². The van der Waals surface area contributed by atoms with E-state index in [9.17, 15) is 9.59 Å². The lowest BCUT2D eigenvalue weighted by molar-refractivity contribution is -0.120. The molecule has 0 aliphatic heterocycles. The van der Waals surface area contributed by atoms with Gasteiger partial charge in [-0.3, -0.25) is 4.79 Å². The molecule has 0 spiro atoms. The highest BCUT2D eigenvalue weighted by Crippen LogP contribution is 2.28. The van der Waals surface area contributed by atoms with Crippen LogP contribution in [0.3, 0.4) is 0 Å². The summed E-state index contributed by atoms with van der Waals surface area (Å²) in [4.78, 5) is 20.8. The molecule has 0 fully saturated rings. The Labute approximate surface area is 271 Å². The van der Waals surface area contributed by atoms with E-state index in [1.54, 1.807) is 0 Å². The Hall–Kier alpha value is -3.66. The number of aryl methyl sites for hydroxylation is 2. The van der Waals surface area contributed by atoms with E-state index in [1.165, 1.54) is 36.1 Å². The molecule has 0 saturated heterocycles. The third kappa shape index (κ3) is 28.5. The normalized spacial score (nSPS) is 11.1. The number of nitrogens with one attached hydrogen (secondary N) is 1. The first-order valence-electron chi connectivity index (χ1n) is 15.8. The van der Waals surface area contributed by atoms with Crippen LogP contribution in [0.25, 0.3) is 0 Å². The van der Waals surface area contributed by atoms with Crippen molar-refractivity contribution in [2.45, 2.75) is 109 Å². The lowest BCUT2D eigenvalue weighted by Crippen LogP contribution is -2.26. The molecule has 1 aliphatic carbocycles. The summed E-state index contributed by atoms with van der Waals surface area (Å²) >= 11 is 0. The summed E-state index contributed by atoms with van der Waals surface area (Å²) in [7, 11) is 0. The molecular weight excluding hydrogens is 542 g/mol. The lowest BCUT2D eigenvalue weighted by Gasteiger charge is -2.16. The van der Waals surface area contributed by atoms with E-state index in [1.807, 2.05) is 57.2 Å². The highest BCUT2D eigenvalue weighted by atomic mass is 16.3. The second-order valence-electron chi connectivity index (χ2n) is 11.4. The number of aliphatic hydroxyl groups is 1. The number of ketones is 1. The maximum atomic E-state index is 11.4. The van der Waals surface area contributed by atoms with Gasteiger partial charge in [0.15, 0.2) is 0 Å². The van der Waals surface area contributed by atoms with Gasteiger partial charge in [-0.2, -0.15) is 0 Å². The molecule has 0 saturated carbocycles. The number of hydrogen-bond acceptors (Lipinski definition) is 3. The van der Waals surface area contributed by atoms with Crippen molar-refractivity contribution < 1.29 is 14.7 Å². The van der Waals surface area contributed by atoms with Gasteiger partial charge in [0, 0.05) is 6.54 Å². The molecule has 1 aliphatic rings. The molecule has 3 rings (SSSR count). The molecule has 0 heterocycles. The van der Waals surface area contributed by atoms with Crippen LogP contribution in [0.4, 0.5) is 0 Å². The second-order valence-corrected chi connectivity index (χ2v) is 11.4. The van der Waals surface area contributed by atoms with Crippen LogP contribution in [0.2, 0.25) is 0 Å². The van der Waals surface area contributed by atoms with Gasteiger partial charge in [0.25, 0.3) is 0 Å². The molecule has 0 atom stereocenters. The summed E-state index contributed by atoms with van der Waals surface area (Å²) in [5.74, 6) is 1.27. The standard InChI is InChI=1S/C12H15NO.C11H16O.C8H10.C4H10.C3H6O.C2H6/c1-10(2)9-13-12(14)8-11-6-4-3-5-7-11;1-4-10-5-6-11(9(3)12)7-8(10)2;1-7-5-3-4-6-8(7)2;1-4(2)3;1-3(2)4;1-2/h3-7H,1,8-9H2,2H3,(H,13,14);7,12H,3-6H2,1-2H3;3-6H,1-2H3;4H,1-3H3;1-2H3;1-2H3. The summed E-state index contributed by atoms with van der Waals surface area (Å²) in [5.41, 5.74) is 8.52. The molecule has 0 aromatic heterocycles. The average molecular weight is 606 g/mol. The number of allylic oxidation sites excluding steroid dienone is 4. The van der Waals surface area contributed by atoms with E-state index in [0.717, 1.165) is 41.9 Å². The number of benzene rings is 2. The van der Waals surface area contributed by atoms with Crippen molar-refractivity contribution in [3.8, 4) is 0 Å². The third-order valence-electron chi connectivity index (χ3n) is 5.66. The fraction of sp³-hybridized carbons (Fsp3) is 0.450. The van der Waals surface area contributed by atoms with Crippen LogP contribution >= 0.6 is 0 Å². The summed E-state index contributed by atoms with van der Waals surface area (Å²) in [6.45, 7) is 31.8. The largest absolute Gasteiger partial charge is 0.508 e. The highest BCUT2D eigenvalue weighted by Gasteiger charge is 2.10. The first-order valence-corrected chi connectivity index (χ1v) is 15.8. The fourth-order valence-corrected chi connectivity index (χ4v) is 3.36. The lowest BCUT2D eigenvalue weighted by atomic mass is 9.91. The summed E-state index contributed by atoms with van der Waals surface area (Å²) in [5, 5.41) is 12.0. The Bertz CT molecular complexity index is 1130. The Morgan fingerprint density at radius 3 is 1.61 bits per heavy atom. The van der Waals surface area contributed by atoms with E-state index in [-0.39, 0.29) is 17.4 Å². The van der Waals surface area contributed by atoms with E-state index in [0.29, 0.717) is 13.0 Å². The SMILES string of the molecule is C=C(C)CNC(=O)Cc1ccccc1.C=C(O)C1=CC(C)=C(CC)CC1.CC.CC(C)=O.CC(C)C.Cc1ccccc1C. The minimum atomic E-state index is 0.0409. The Morgan fingerprint density at radius 2 is 1.27 bits per heavy atom. The van der Waals surface area contributed by atoms with Crippen LogP contribution in [0.15, 0.2) is 102 Å². The third-order valence-corrected chi connectivity index (χ3v) is 5.66. The van der Waals surface area contributed by atoms with E-state index < -0.39 is 0 Å². The van der Waals surface area contributed by atoms with Crippen LogP contribution < -0.4 is 5.32 Å². The van der Waals surface area contributed by atoms with E-state index in [2.05, 4.69) is 91.2 Å². The van der Waals surface area contributed by atoms with Gasteiger partial charge in [-0.05, 0) is 89.0 Å². The topological polar surface area (TPSA) is 66.4 Å². The molecule has 0 radical (unpaired) electrons. The van der Waals surface area contributed by atoms with Crippen LogP contribution in [-0.2, 0) is 16.0 Å². The van der Waals surface area contributed by atoms with Gasteiger partial charge in [0.1, 0.15) is 11.5 Å². The molecule has 44 heavy (non-hydrogen) atoms. The molecule has 246 valence electrons. The highest BCUT2D eigenvalue weighted by molar-refractivity contribution is 5.78. The van der Waals surface area contributed by atoms with E-state index in [4.69, 9.17) is 5.11 Å². The van der Waals surface area contributed by atoms with Crippen molar-refractivity contribution in [1.29, 1.82) is 0 Å². The zero-order valence-corrected chi connectivity index (χ0v) is 30.1. The molecule has 2 aromatic rings. The predicted molar refractivity (Wildman–Crippen MR) is 194 cm³/mol. The predicted octanol–water partition coefficient (Wildman–Crippen LogP) is 11.0. The van der Waals surface area contributed by atoms with Crippen molar-refractivity contribution in [2.24, 2.45) is 5.92 Å². The van der Waals surface area contributed by atoms with Gasteiger partial charge >= 0.3 is 0 Å². The minimum absolute atomic E-state index is 0.0409. The van der Waals surface area contributed by atoms with Gasteiger partial charge in [-0.25, -0.2) is 0 Å². The molecule has 4 nitrogen and oxygen atoms in total. The number of aliphatic hydroxyl groups excluding tert-OH is 1. The van der Waals surface area contributed by atoms with Crippen molar-refractivity contribution in [1.82, 2.24) is 5.32 Å². The monoisotopic (exact) mass is 605 g/mol. The Morgan fingerprint density at radius 1 is 0.841 bits per heavy atom. The number of carbonyl (C=O) groups excluding carboxylic acids is 2. The van der Waals surface area contributed by atoms with Crippen LogP contribution in [0.1, 0.15) is 105 Å². The molecule has 0 bridgehead atoms. The summed E-state index contributed by atoms with van der Waals surface area (Å²) in [6.07, 6.45) is 5.62. The molecule has 2 N–H and O–H groups in total. The molecular formula is C40H63NO3. The zero-order valence-electron chi connectivity index (χ0n) is 30.1. The quantitative estimate of drug-likeness (QED) is 0.254. The van der Waals surface area contributed by atoms with Crippen molar-refractivity contribution in [2.75, 3.05) is 6.54 Å². The van der Waals surface area contributed by atoms with Crippen molar-refractivity contribution in [3.63, 3.8) is 0 Å². The second kappa shape index (κ2) is 28.1. The average Bonchev–Trinajstić information content (AvgIpc) is 2.95. The maximum absolute atomic E-state index is 11.4. The first-order chi connectivity index (χ1) is 20.6. The maximum Gasteiger partial charge on any atom is 0.224 e. The van der Waals surface area contributed by atoms with Gasteiger partial charge in [-0.1, -0.05) is 132 Å². The number of rotatable bonds is 6. The number of hydrogen-bond donors (Lipinski definition) is 2. The van der Waals surface area contributed by atoms with Crippen molar-refractivity contribution in [3.05, 3.63) is 119 Å². The number of amides is 1. The van der Waals surface area contributed by atoms with Gasteiger partial charge < -0.3 is 15.2 Å². The zero-order chi connectivity index (χ0) is 34.7. The minimum Gasteiger partial charge on any atom is -0.508 e. The molecule has 0 unspecified atom stereocenters. The molecule has 1 amide bonds. The smallest absolute Gasteiger partial charge is 0.224 e. The van der Waals surface area contributed by atoms with Crippen LogP contribution in [0, 0.1) is 19.8 Å². The number of carbonyl (C=O) groups is 2. The number of Topliss-reactive ketones (excluding diaryl/α,β-unsaturated/α-hetero) is 1. The van der Waals surface area contributed by atoms with Crippen molar-refractivity contribution >= 4 is 11.7 Å². The fourth-order valence-electron chi connectivity index (χ4n) is 3.36. The Balaban J connectivity index is -0.000000507. The van der Waals surface area contributed by atoms with Gasteiger partial charge in [0.05, 0.1) is 6.42 Å². The Kier molecular flexibility index (Phi) is 28.6. The van der Waals surface area contributed by atoms with E-state index >= 15 is 0 Å². The van der Waals surface area contributed by atoms with Crippen LogP contribution in [-0.4, -0.2) is 23.3 Å². The molecule has 4 heteroatoms.